The van der Waals surface area contributed by atoms with E-state index in [4.69, 9.17) is 16.2 Å². The maximum absolute atomic E-state index is 12.4. The lowest BCUT2D eigenvalue weighted by Gasteiger charge is -2.08. The van der Waals surface area contributed by atoms with Gasteiger partial charge >= 0.3 is 5.97 Å². The molecule has 2 rings (SSSR count). The van der Waals surface area contributed by atoms with E-state index in [0.717, 1.165) is 0 Å². The summed E-state index contributed by atoms with van der Waals surface area (Å²) in [6.07, 6.45) is 0. The van der Waals surface area contributed by atoms with Crippen LogP contribution >= 0.6 is 0 Å². The van der Waals surface area contributed by atoms with Crippen LogP contribution in [0.15, 0.2) is 42.5 Å². The lowest BCUT2D eigenvalue weighted by molar-refractivity contribution is -0.131. The van der Waals surface area contributed by atoms with Gasteiger partial charge in [0.05, 0.1) is 11.4 Å². The molecular weight excluding hydrogens is 256 g/mol. The van der Waals surface area contributed by atoms with Gasteiger partial charge in [0, 0.05) is 18.1 Å². The molecule has 0 spiro atoms. The molecule has 0 saturated heterocycles. The van der Waals surface area contributed by atoms with Crippen molar-refractivity contribution in [2.75, 3.05) is 11.5 Å². The number of nitrogen functional groups attached to an aromatic ring is 2. The standard InChI is InChI=1S/C15H14N2O3/c1-9(18)20-11-5-2-4-10(8-11)15(19)12-6-3-7-13(16)14(12)17/h2-8H,16-17H2,1H3. The molecule has 0 unspecified atom stereocenters. The van der Waals surface area contributed by atoms with Crippen molar-refractivity contribution in [3.05, 3.63) is 53.6 Å². The van der Waals surface area contributed by atoms with Gasteiger partial charge in [0.15, 0.2) is 5.78 Å². The van der Waals surface area contributed by atoms with Gasteiger partial charge in [-0.05, 0) is 24.3 Å². The molecule has 4 N–H and O–H groups in total. The van der Waals surface area contributed by atoms with Gasteiger partial charge in [-0.2, -0.15) is 0 Å². The Kier molecular flexibility index (Phi) is 3.70. The van der Waals surface area contributed by atoms with Crippen molar-refractivity contribution in [3.8, 4) is 5.75 Å². The molecule has 0 amide bonds. The molecule has 0 fully saturated rings. The Morgan fingerprint density at radius 2 is 1.75 bits per heavy atom. The van der Waals surface area contributed by atoms with Gasteiger partial charge < -0.3 is 16.2 Å². The van der Waals surface area contributed by atoms with Crippen molar-refractivity contribution in [2.24, 2.45) is 0 Å². The Hall–Kier alpha value is -2.82. The molecule has 0 aliphatic rings. The summed E-state index contributed by atoms with van der Waals surface area (Å²) in [4.78, 5) is 23.3. The molecule has 0 aromatic heterocycles. The van der Waals surface area contributed by atoms with Crippen LogP contribution in [0.25, 0.3) is 0 Å². The van der Waals surface area contributed by atoms with Crippen LogP contribution < -0.4 is 16.2 Å². The summed E-state index contributed by atoms with van der Waals surface area (Å²) < 4.78 is 4.95. The number of ether oxygens (including phenoxy) is 1. The first-order chi connectivity index (χ1) is 9.49. The molecule has 102 valence electrons. The lowest BCUT2D eigenvalue weighted by atomic mass is 10.0. The molecule has 0 aliphatic heterocycles. The van der Waals surface area contributed by atoms with Crippen LogP contribution in [0.4, 0.5) is 11.4 Å². The van der Waals surface area contributed by atoms with Crippen LogP contribution in [0.2, 0.25) is 0 Å². The van der Waals surface area contributed by atoms with Gasteiger partial charge in [0.2, 0.25) is 0 Å². The van der Waals surface area contributed by atoms with Crippen LogP contribution in [0.3, 0.4) is 0 Å². The molecular formula is C15H14N2O3. The van der Waals surface area contributed by atoms with Crippen LogP contribution in [0.5, 0.6) is 5.75 Å². The summed E-state index contributed by atoms with van der Waals surface area (Å²) in [7, 11) is 0. The quantitative estimate of drug-likeness (QED) is 0.385. The predicted octanol–water partition coefficient (Wildman–Crippen LogP) is 2.01. The van der Waals surface area contributed by atoms with Crippen molar-refractivity contribution < 1.29 is 14.3 Å². The third-order valence-electron chi connectivity index (χ3n) is 2.74. The fraction of sp³-hybridized carbons (Fsp3) is 0.0667. The first-order valence-corrected chi connectivity index (χ1v) is 5.96. The second-order valence-corrected chi connectivity index (χ2v) is 4.26. The number of esters is 1. The number of nitrogens with two attached hydrogens (primary N) is 2. The first kappa shape index (κ1) is 13.6. The zero-order chi connectivity index (χ0) is 14.7. The number of carbonyl (C=O) groups excluding carboxylic acids is 2. The van der Waals surface area contributed by atoms with E-state index in [2.05, 4.69) is 0 Å². The van der Waals surface area contributed by atoms with Gasteiger partial charge in [-0.1, -0.05) is 18.2 Å². The summed E-state index contributed by atoms with van der Waals surface area (Å²) in [6.45, 7) is 1.30. The first-order valence-electron chi connectivity index (χ1n) is 5.96. The molecule has 0 aliphatic carbocycles. The molecule has 0 heterocycles. The van der Waals surface area contributed by atoms with E-state index in [1.165, 1.54) is 13.0 Å². The molecule has 2 aromatic rings. The molecule has 0 bridgehead atoms. The fourth-order valence-electron chi connectivity index (χ4n) is 1.80. The Labute approximate surface area is 116 Å². The number of para-hydroxylation sites is 1. The van der Waals surface area contributed by atoms with Gasteiger partial charge in [-0.15, -0.1) is 0 Å². The van der Waals surface area contributed by atoms with Gasteiger partial charge in [0.25, 0.3) is 0 Å². The summed E-state index contributed by atoms with van der Waals surface area (Å²) in [5.74, 6) is -0.410. The van der Waals surface area contributed by atoms with Gasteiger partial charge in [0.1, 0.15) is 5.75 Å². The normalized spacial score (nSPS) is 10.1. The summed E-state index contributed by atoms with van der Waals surface area (Å²) in [5.41, 5.74) is 12.8. The number of carbonyl (C=O) groups is 2. The number of rotatable bonds is 3. The van der Waals surface area contributed by atoms with E-state index in [1.807, 2.05) is 0 Å². The van der Waals surface area contributed by atoms with E-state index >= 15 is 0 Å². The third-order valence-corrected chi connectivity index (χ3v) is 2.74. The highest BCUT2D eigenvalue weighted by Crippen LogP contribution is 2.24. The minimum atomic E-state index is -0.446. The van der Waals surface area contributed by atoms with Crippen LogP contribution in [0.1, 0.15) is 22.8 Å². The van der Waals surface area contributed by atoms with Gasteiger partial charge in [-0.3, -0.25) is 9.59 Å². The number of ketones is 1. The second kappa shape index (κ2) is 5.44. The third kappa shape index (κ3) is 2.77. The molecule has 5 nitrogen and oxygen atoms in total. The second-order valence-electron chi connectivity index (χ2n) is 4.26. The Bertz CT molecular complexity index is 681. The van der Waals surface area contributed by atoms with Crippen molar-refractivity contribution in [2.45, 2.75) is 6.92 Å². The summed E-state index contributed by atoms with van der Waals surface area (Å²) >= 11 is 0. The molecule has 20 heavy (non-hydrogen) atoms. The molecule has 2 aromatic carbocycles. The van der Waals surface area contributed by atoms with E-state index in [1.54, 1.807) is 36.4 Å². The minimum absolute atomic E-state index is 0.246. The zero-order valence-electron chi connectivity index (χ0n) is 10.9. The van der Waals surface area contributed by atoms with Crippen molar-refractivity contribution in [1.29, 1.82) is 0 Å². The maximum atomic E-state index is 12.4. The van der Waals surface area contributed by atoms with Crippen LogP contribution in [-0.4, -0.2) is 11.8 Å². The Morgan fingerprint density at radius 3 is 2.45 bits per heavy atom. The average Bonchev–Trinajstić information content (AvgIpc) is 2.41. The van der Waals surface area contributed by atoms with Gasteiger partial charge in [-0.25, -0.2) is 0 Å². The van der Waals surface area contributed by atoms with E-state index in [0.29, 0.717) is 22.6 Å². The van der Waals surface area contributed by atoms with Crippen molar-refractivity contribution in [1.82, 2.24) is 0 Å². The lowest BCUT2D eigenvalue weighted by Crippen LogP contribution is -2.08. The molecule has 0 saturated carbocycles. The highest BCUT2D eigenvalue weighted by molar-refractivity contribution is 6.13. The smallest absolute Gasteiger partial charge is 0.308 e. The summed E-state index contributed by atoms with van der Waals surface area (Å²) in [5, 5.41) is 0. The topological polar surface area (TPSA) is 95.4 Å². The number of benzene rings is 2. The Morgan fingerprint density at radius 1 is 1.05 bits per heavy atom. The number of anilines is 2. The van der Waals surface area contributed by atoms with Crippen molar-refractivity contribution >= 4 is 23.1 Å². The van der Waals surface area contributed by atoms with Crippen molar-refractivity contribution in [3.63, 3.8) is 0 Å². The monoisotopic (exact) mass is 270 g/mol. The Balaban J connectivity index is 2.38. The zero-order valence-corrected chi connectivity index (χ0v) is 10.9. The minimum Gasteiger partial charge on any atom is -0.427 e. The van der Waals surface area contributed by atoms with Crippen LogP contribution in [-0.2, 0) is 4.79 Å². The van der Waals surface area contributed by atoms with Crippen LogP contribution in [0, 0.1) is 0 Å². The maximum Gasteiger partial charge on any atom is 0.308 e. The molecule has 0 radical (unpaired) electrons. The SMILES string of the molecule is CC(=O)Oc1cccc(C(=O)c2cccc(N)c2N)c1. The highest BCUT2D eigenvalue weighted by atomic mass is 16.5. The average molecular weight is 270 g/mol. The largest absolute Gasteiger partial charge is 0.427 e. The molecule has 5 heteroatoms. The van der Waals surface area contributed by atoms with E-state index in [9.17, 15) is 9.59 Å². The molecule has 0 atom stereocenters. The number of hydrogen-bond donors (Lipinski definition) is 2. The highest BCUT2D eigenvalue weighted by Gasteiger charge is 2.14. The summed E-state index contributed by atoms with van der Waals surface area (Å²) in [6, 6.07) is 11.2. The fourth-order valence-corrected chi connectivity index (χ4v) is 1.80. The van der Waals surface area contributed by atoms with E-state index < -0.39 is 5.97 Å². The number of hydrogen-bond acceptors (Lipinski definition) is 5. The van der Waals surface area contributed by atoms with E-state index in [-0.39, 0.29) is 11.5 Å². The predicted molar refractivity (Wildman–Crippen MR) is 76.5 cm³/mol.